The second kappa shape index (κ2) is 5.80. The predicted molar refractivity (Wildman–Crippen MR) is 117 cm³/mol. The Balaban J connectivity index is 2.01. The van der Waals surface area contributed by atoms with E-state index in [4.69, 9.17) is 4.98 Å². The fraction of sp³-hybridized carbons (Fsp3) is 0.136. The molecule has 5 rings (SSSR count). The average Bonchev–Trinajstić information content (AvgIpc) is 3.06. The number of imidazole rings is 1. The summed E-state index contributed by atoms with van der Waals surface area (Å²) in [7, 11) is 0. The number of alkyl halides is 1. The third-order valence-corrected chi connectivity index (χ3v) is 6.53. The van der Waals surface area contributed by atoms with Gasteiger partial charge >= 0.3 is 0 Å². The highest BCUT2D eigenvalue weighted by Crippen LogP contribution is 2.45. The van der Waals surface area contributed by atoms with Gasteiger partial charge in [-0.15, -0.1) is 0 Å². The summed E-state index contributed by atoms with van der Waals surface area (Å²) in [5.74, 6) is 0. The van der Waals surface area contributed by atoms with Crippen molar-refractivity contribution in [2.75, 3.05) is 0 Å². The van der Waals surface area contributed by atoms with Crippen LogP contribution in [0.4, 0.5) is 0 Å². The van der Waals surface area contributed by atoms with Crippen LogP contribution in [0, 0.1) is 0 Å². The molecule has 128 valence electrons. The van der Waals surface area contributed by atoms with Crippen LogP contribution in [0.1, 0.15) is 19.0 Å². The summed E-state index contributed by atoms with van der Waals surface area (Å²) in [4.78, 5) is 4.84. The van der Waals surface area contributed by atoms with Crippen LogP contribution in [-0.4, -0.2) is 13.7 Å². The Morgan fingerprint density at radius 1 is 1.00 bits per heavy atom. The first-order valence-corrected chi connectivity index (χ1v) is 10.2. The lowest BCUT2D eigenvalue weighted by molar-refractivity contribution is 0.828. The molecule has 4 heteroatoms. The van der Waals surface area contributed by atoms with Crippen LogP contribution in [0.5, 0.6) is 0 Å². The van der Waals surface area contributed by atoms with Gasteiger partial charge in [0.15, 0.2) is 0 Å². The Labute approximate surface area is 168 Å². The zero-order valence-corrected chi connectivity index (χ0v) is 17.4. The quantitative estimate of drug-likeness (QED) is 0.221. The van der Waals surface area contributed by atoms with Crippen LogP contribution in [-0.2, 0) is 0 Å². The zero-order valence-electron chi connectivity index (χ0n) is 14.2. The van der Waals surface area contributed by atoms with Crippen LogP contribution in [0.25, 0.3) is 32.9 Å². The normalized spacial score (nSPS) is 20.6. The van der Waals surface area contributed by atoms with Crippen molar-refractivity contribution in [3.05, 3.63) is 77.1 Å². The van der Waals surface area contributed by atoms with E-state index < -0.39 is 0 Å². The topological polar surface area (TPSA) is 17.3 Å². The lowest BCUT2D eigenvalue weighted by Gasteiger charge is -2.29. The molecular formula is C22H16Br2N2. The first-order chi connectivity index (χ1) is 12.6. The summed E-state index contributed by atoms with van der Waals surface area (Å²) in [6.07, 6.45) is 7.28. The molecule has 2 heterocycles. The van der Waals surface area contributed by atoms with Gasteiger partial charge in [0.25, 0.3) is 0 Å². The van der Waals surface area contributed by atoms with E-state index in [0.717, 1.165) is 22.2 Å². The van der Waals surface area contributed by atoms with Gasteiger partial charge in [0, 0.05) is 20.8 Å². The van der Waals surface area contributed by atoms with Gasteiger partial charge in [0.2, 0.25) is 0 Å². The number of para-hydroxylation sites is 1. The molecule has 1 aliphatic rings. The van der Waals surface area contributed by atoms with Gasteiger partial charge in [-0.1, -0.05) is 86.5 Å². The highest BCUT2D eigenvalue weighted by Gasteiger charge is 2.32. The first kappa shape index (κ1) is 16.3. The average molecular weight is 468 g/mol. The van der Waals surface area contributed by atoms with Crippen LogP contribution < -0.4 is 0 Å². The van der Waals surface area contributed by atoms with Crippen LogP contribution in [0.15, 0.2) is 71.4 Å². The van der Waals surface area contributed by atoms with E-state index in [2.05, 4.69) is 104 Å². The molecule has 0 fully saturated rings. The number of allylic oxidation sites excluding steroid dienone is 4. The number of halogens is 2. The Hall–Kier alpha value is -1.91. The molecule has 1 atom stereocenters. The molecule has 1 unspecified atom stereocenters. The molecule has 26 heavy (non-hydrogen) atoms. The maximum atomic E-state index is 4.84. The summed E-state index contributed by atoms with van der Waals surface area (Å²) in [5.41, 5.74) is 4.53. The number of nitrogens with zero attached hydrogens (tertiary/aromatic N) is 2. The van der Waals surface area contributed by atoms with Gasteiger partial charge in [-0.05, 0) is 24.8 Å². The molecule has 0 N–H and O–H groups in total. The molecule has 0 spiro atoms. The molecular weight excluding hydrogens is 452 g/mol. The molecule has 0 saturated heterocycles. The number of rotatable bonds is 1. The van der Waals surface area contributed by atoms with E-state index in [1.807, 2.05) is 6.20 Å². The summed E-state index contributed by atoms with van der Waals surface area (Å²) >= 11 is 7.71. The van der Waals surface area contributed by atoms with Crippen molar-refractivity contribution in [1.82, 2.24) is 9.38 Å². The van der Waals surface area contributed by atoms with E-state index in [0.29, 0.717) is 0 Å². The molecule has 2 aromatic heterocycles. The van der Waals surface area contributed by atoms with Crippen molar-refractivity contribution in [3.63, 3.8) is 0 Å². The van der Waals surface area contributed by atoms with E-state index in [9.17, 15) is 0 Å². The molecule has 0 saturated carbocycles. The Morgan fingerprint density at radius 3 is 2.46 bits per heavy atom. The van der Waals surface area contributed by atoms with Crippen molar-refractivity contribution < 1.29 is 0 Å². The van der Waals surface area contributed by atoms with Crippen molar-refractivity contribution in [2.24, 2.45) is 0 Å². The van der Waals surface area contributed by atoms with Gasteiger partial charge in [-0.3, -0.25) is 4.40 Å². The van der Waals surface area contributed by atoms with Gasteiger partial charge in [0.05, 0.1) is 21.7 Å². The molecule has 4 aromatic rings. The van der Waals surface area contributed by atoms with E-state index in [-0.39, 0.29) is 4.32 Å². The maximum absolute atomic E-state index is 4.84. The van der Waals surface area contributed by atoms with E-state index >= 15 is 0 Å². The highest BCUT2D eigenvalue weighted by atomic mass is 79.9. The second-order valence-corrected chi connectivity index (χ2v) is 9.50. The number of aromatic nitrogens is 2. The first-order valence-electron chi connectivity index (χ1n) is 8.61. The Morgan fingerprint density at radius 2 is 1.69 bits per heavy atom. The van der Waals surface area contributed by atoms with Gasteiger partial charge in [-0.25, -0.2) is 4.98 Å². The predicted octanol–water partition coefficient (Wildman–Crippen LogP) is 6.86. The van der Waals surface area contributed by atoms with E-state index in [1.165, 1.54) is 27.2 Å². The summed E-state index contributed by atoms with van der Waals surface area (Å²) in [6, 6.07) is 17.1. The number of benzene rings is 2. The SMILES string of the molecule is CC1(Br)CC=CC(Br)=C1c1cnc2c3ccccc3c3ccccc3n12. The molecule has 1 aliphatic carbocycles. The minimum absolute atomic E-state index is 0.136. The number of hydrogen-bond acceptors (Lipinski definition) is 1. The van der Waals surface area contributed by atoms with Crippen molar-refractivity contribution in [1.29, 1.82) is 0 Å². The van der Waals surface area contributed by atoms with Gasteiger partial charge < -0.3 is 0 Å². The summed E-state index contributed by atoms with van der Waals surface area (Å²) in [5, 5.41) is 3.66. The van der Waals surface area contributed by atoms with Crippen LogP contribution in [0.2, 0.25) is 0 Å². The monoisotopic (exact) mass is 466 g/mol. The van der Waals surface area contributed by atoms with Crippen molar-refractivity contribution in [3.8, 4) is 0 Å². The van der Waals surface area contributed by atoms with E-state index in [1.54, 1.807) is 0 Å². The third-order valence-electron chi connectivity index (χ3n) is 5.15. The molecule has 0 bridgehead atoms. The zero-order chi connectivity index (χ0) is 17.9. The number of fused-ring (bicyclic) bond motifs is 6. The largest absolute Gasteiger partial charge is 0.292 e. The standard InChI is InChI=1S/C22H16Br2N2/c1-22(24)12-6-10-17(23)20(22)19-13-25-21-16-9-3-2-7-14(16)15-8-4-5-11-18(15)26(19)21/h2-11,13H,12H2,1H3. The van der Waals surface area contributed by atoms with Gasteiger partial charge in [0.1, 0.15) is 5.65 Å². The lowest BCUT2D eigenvalue weighted by atomic mass is 9.91. The minimum Gasteiger partial charge on any atom is -0.292 e. The number of hydrogen-bond donors (Lipinski definition) is 0. The smallest absolute Gasteiger partial charge is 0.145 e. The molecule has 0 amide bonds. The lowest BCUT2D eigenvalue weighted by Crippen LogP contribution is -2.21. The maximum Gasteiger partial charge on any atom is 0.145 e. The summed E-state index contributed by atoms with van der Waals surface area (Å²) < 4.78 is 3.26. The molecule has 2 aromatic carbocycles. The molecule has 2 nitrogen and oxygen atoms in total. The minimum atomic E-state index is -0.136. The van der Waals surface area contributed by atoms with Crippen molar-refractivity contribution >= 4 is 64.8 Å². The Bertz CT molecular complexity index is 1250. The molecule has 0 radical (unpaired) electrons. The van der Waals surface area contributed by atoms with Crippen LogP contribution in [0.3, 0.4) is 0 Å². The van der Waals surface area contributed by atoms with Gasteiger partial charge in [-0.2, -0.15) is 0 Å². The van der Waals surface area contributed by atoms with Crippen molar-refractivity contribution in [2.45, 2.75) is 17.7 Å². The Kier molecular flexibility index (Phi) is 3.63. The number of pyridine rings is 1. The fourth-order valence-electron chi connectivity index (χ4n) is 3.98. The molecule has 0 aliphatic heterocycles. The second-order valence-electron chi connectivity index (χ2n) is 6.89. The fourth-order valence-corrected chi connectivity index (χ4v) is 5.68. The highest BCUT2D eigenvalue weighted by molar-refractivity contribution is 9.12. The third kappa shape index (κ3) is 2.25. The summed E-state index contributed by atoms with van der Waals surface area (Å²) in [6.45, 7) is 2.22. The van der Waals surface area contributed by atoms with Crippen LogP contribution >= 0.6 is 31.9 Å².